The zero-order chi connectivity index (χ0) is 15.4. The first-order valence-corrected chi connectivity index (χ1v) is 7.44. The molecule has 112 valence electrons. The van der Waals surface area contributed by atoms with Crippen LogP contribution in [0.1, 0.15) is 28.1 Å². The van der Waals surface area contributed by atoms with Crippen LogP contribution in [0.3, 0.4) is 0 Å². The van der Waals surface area contributed by atoms with Crippen molar-refractivity contribution in [1.82, 2.24) is 4.90 Å². The molecule has 2 amide bonds. The highest BCUT2D eigenvalue weighted by atomic mass is 32.1. The predicted molar refractivity (Wildman–Crippen MR) is 78.8 cm³/mol. The molecule has 1 fully saturated rings. The Labute approximate surface area is 125 Å². The molecule has 0 radical (unpaired) electrons. The van der Waals surface area contributed by atoms with Gasteiger partial charge in [0.15, 0.2) is 0 Å². The third kappa shape index (κ3) is 3.69. The first kappa shape index (κ1) is 15.2. The van der Waals surface area contributed by atoms with Crippen LogP contribution < -0.4 is 5.73 Å². The molecular weight excluding hydrogens is 292 g/mol. The molecule has 0 unspecified atom stereocenters. The molecule has 3 N–H and O–H groups in total. The van der Waals surface area contributed by atoms with Crippen LogP contribution in [-0.4, -0.2) is 40.9 Å². The van der Waals surface area contributed by atoms with Gasteiger partial charge in [0.2, 0.25) is 5.91 Å². The first-order chi connectivity index (χ1) is 9.99. The Kier molecular flexibility index (Phi) is 4.74. The molecule has 0 spiro atoms. The summed E-state index contributed by atoms with van der Waals surface area (Å²) in [5, 5.41) is 10.4. The zero-order valence-corrected chi connectivity index (χ0v) is 12.1. The van der Waals surface area contributed by atoms with Gasteiger partial charge in [0.25, 0.3) is 5.91 Å². The van der Waals surface area contributed by atoms with Crippen molar-refractivity contribution in [2.75, 3.05) is 13.1 Å². The fourth-order valence-electron chi connectivity index (χ4n) is 2.30. The van der Waals surface area contributed by atoms with Crippen molar-refractivity contribution < 1.29 is 19.5 Å². The minimum atomic E-state index is -1.05. The van der Waals surface area contributed by atoms with Crippen molar-refractivity contribution in [2.24, 2.45) is 11.7 Å². The van der Waals surface area contributed by atoms with Crippen molar-refractivity contribution in [2.45, 2.75) is 12.8 Å². The molecule has 1 aliphatic heterocycles. The van der Waals surface area contributed by atoms with Crippen molar-refractivity contribution in [3.8, 4) is 0 Å². The highest BCUT2D eigenvalue weighted by molar-refractivity contribution is 7.12. The zero-order valence-electron chi connectivity index (χ0n) is 11.3. The summed E-state index contributed by atoms with van der Waals surface area (Å²) in [5.41, 5.74) is 5.87. The van der Waals surface area contributed by atoms with Gasteiger partial charge >= 0.3 is 5.97 Å². The lowest BCUT2D eigenvalue weighted by atomic mass is 9.96. The lowest BCUT2D eigenvalue weighted by Gasteiger charge is -2.30. The van der Waals surface area contributed by atoms with Crippen LogP contribution in [0, 0.1) is 5.92 Å². The molecule has 1 aromatic rings. The molecule has 6 nitrogen and oxygen atoms in total. The quantitative estimate of drug-likeness (QED) is 0.816. The Morgan fingerprint density at radius 2 is 2.00 bits per heavy atom. The van der Waals surface area contributed by atoms with Crippen LogP contribution in [0.25, 0.3) is 6.08 Å². The highest BCUT2D eigenvalue weighted by Gasteiger charge is 2.27. The lowest BCUT2D eigenvalue weighted by molar-refractivity contribution is -0.131. The minimum absolute atomic E-state index is 0.127. The van der Waals surface area contributed by atoms with Gasteiger partial charge in [-0.1, -0.05) is 0 Å². The Balaban J connectivity index is 2.06. The molecule has 0 aromatic carbocycles. The van der Waals surface area contributed by atoms with Crippen molar-refractivity contribution in [1.29, 1.82) is 0 Å². The number of carbonyl (C=O) groups excluding carboxylic acids is 2. The smallest absolute Gasteiger partial charge is 0.328 e. The van der Waals surface area contributed by atoms with Crippen LogP contribution in [-0.2, 0) is 9.59 Å². The van der Waals surface area contributed by atoms with Gasteiger partial charge in [-0.2, -0.15) is 0 Å². The lowest BCUT2D eigenvalue weighted by Crippen LogP contribution is -2.41. The van der Waals surface area contributed by atoms with Crippen molar-refractivity contribution in [3.05, 3.63) is 28.0 Å². The van der Waals surface area contributed by atoms with E-state index in [1.54, 1.807) is 16.3 Å². The van der Waals surface area contributed by atoms with Gasteiger partial charge in [0, 0.05) is 25.1 Å². The second-order valence-electron chi connectivity index (χ2n) is 4.85. The average molecular weight is 308 g/mol. The Morgan fingerprint density at radius 1 is 1.33 bits per heavy atom. The van der Waals surface area contributed by atoms with Crippen LogP contribution in [0.4, 0.5) is 0 Å². The normalized spacial score (nSPS) is 16.3. The molecule has 21 heavy (non-hydrogen) atoms. The van der Waals surface area contributed by atoms with Gasteiger partial charge in [-0.15, -0.1) is 11.3 Å². The van der Waals surface area contributed by atoms with Gasteiger partial charge in [-0.05, 0) is 35.9 Å². The van der Waals surface area contributed by atoms with Gasteiger partial charge in [-0.3, -0.25) is 9.59 Å². The summed E-state index contributed by atoms with van der Waals surface area (Å²) in [4.78, 5) is 36.3. The summed E-state index contributed by atoms with van der Waals surface area (Å²) in [7, 11) is 0. The van der Waals surface area contributed by atoms with E-state index in [4.69, 9.17) is 10.8 Å². The third-order valence-electron chi connectivity index (χ3n) is 3.48. The van der Waals surface area contributed by atoms with E-state index in [9.17, 15) is 14.4 Å². The van der Waals surface area contributed by atoms with E-state index < -0.39 is 5.97 Å². The first-order valence-electron chi connectivity index (χ1n) is 6.56. The summed E-state index contributed by atoms with van der Waals surface area (Å²) in [6.45, 7) is 0.985. The molecule has 2 rings (SSSR count). The van der Waals surface area contributed by atoms with Gasteiger partial charge in [0.05, 0.1) is 4.88 Å². The number of piperidine rings is 1. The number of carboxylic acids is 1. The molecule has 1 aliphatic rings. The number of amides is 2. The Hall–Kier alpha value is -2.15. The topological polar surface area (TPSA) is 101 Å². The maximum Gasteiger partial charge on any atom is 0.328 e. The predicted octanol–water partition coefficient (Wildman–Crippen LogP) is 1.18. The van der Waals surface area contributed by atoms with Crippen molar-refractivity contribution >= 4 is 35.2 Å². The van der Waals surface area contributed by atoms with E-state index >= 15 is 0 Å². The minimum Gasteiger partial charge on any atom is -0.478 e. The molecule has 0 aliphatic carbocycles. The largest absolute Gasteiger partial charge is 0.478 e. The highest BCUT2D eigenvalue weighted by Crippen LogP contribution is 2.24. The van der Waals surface area contributed by atoms with Gasteiger partial charge in [0.1, 0.15) is 0 Å². The summed E-state index contributed by atoms with van der Waals surface area (Å²) >= 11 is 1.28. The van der Waals surface area contributed by atoms with E-state index in [1.165, 1.54) is 17.4 Å². The van der Waals surface area contributed by atoms with E-state index in [-0.39, 0.29) is 17.7 Å². The number of likely N-dealkylation sites (tertiary alicyclic amines) is 1. The summed E-state index contributed by atoms with van der Waals surface area (Å²) in [5.74, 6) is -1.66. The standard InChI is InChI=1S/C14H16N2O4S/c15-13(19)10-3-6-16(7-4-10)14(20)12-9(5-8-21-12)1-2-11(17)18/h1-2,5,8,10H,3-4,6-7H2,(H2,15,19)(H,17,18). The molecule has 2 heterocycles. The summed E-state index contributed by atoms with van der Waals surface area (Å²) < 4.78 is 0. The van der Waals surface area contributed by atoms with E-state index in [2.05, 4.69) is 0 Å². The molecule has 0 bridgehead atoms. The van der Waals surface area contributed by atoms with E-state index in [1.807, 2.05) is 0 Å². The molecular formula is C14H16N2O4S. The SMILES string of the molecule is NC(=O)C1CCN(C(=O)c2sccc2C=CC(=O)O)CC1. The number of primary amides is 1. The fourth-order valence-corrected chi connectivity index (χ4v) is 3.15. The van der Waals surface area contributed by atoms with Crippen molar-refractivity contribution in [3.63, 3.8) is 0 Å². The number of nitrogens with two attached hydrogens (primary N) is 1. The number of thiophene rings is 1. The molecule has 7 heteroatoms. The van der Waals surface area contributed by atoms with Crippen LogP contribution in [0.5, 0.6) is 0 Å². The average Bonchev–Trinajstić information content (AvgIpc) is 2.92. The summed E-state index contributed by atoms with van der Waals surface area (Å²) in [6.07, 6.45) is 3.58. The maximum absolute atomic E-state index is 12.4. The van der Waals surface area contributed by atoms with E-state index in [0.29, 0.717) is 36.4 Å². The molecule has 1 aromatic heterocycles. The fraction of sp³-hybridized carbons (Fsp3) is 0.357. The Bertz CT molecular complexity index is 586. The van der Waals surface area contributed by atoms with Gasteiger partial charge in [-0.25, -0.2) is 4.79 Å². The van der Waals surface area contributed by atoms with E-state index in [0.717, 1.165) is 6.08 Å². The Morgan fingerprint density at radius 3 is 2.57 bits per heavy atom. The number of rotatable bonds is 4. The van der Waals surface area contributed by atoms with Crippen LogP contribution in [0.15, 0.2) is 17.5 Å². The number of nitrogens with zero attached hydrogens (tertiary/aromatic N) is 1. The number of carbonyl (C=O) groups is 3. The number of aliphatic carboxylic acids is 1. The summed E-state index contributed by atoms with van der Waals surface area (Å²) in [6, 6.07) is 1.72. The molecule has 0 atom stereocenters. The second kappa shape index (κ2) is 6.53. The number of hydrogen-bond donors (Lipinski definition) is 2. The number of carboxylic acid groups (broad SMARTS) is 1. The van der Waals surface area contributed by atoms with Crippen LogP contribution in [0.2, 0.25) is 0 Å². The monoisotopic (exact) mass is 308 g/mol. The molecule has 1 saturated heterocycles. The molecule has 0 saturated carbocycles. The van der Waals surface area contributed by atoms with Crippen LogP contribution >= 0.6 is 11.3 Å². The number of hydrogen-bond acceptors (Lipinski definition) is 4. The van der Waals surface area contributed by atoms with Gasteiger partial charge < -0.3 is 15.7 Å². The second-order valence-corrected chi connectivity index (χ2v) is 5.76. The maximum atomic E-state index is 12.4. The third-order valence-corrected chi connectivity index (χ3v) is 4.40.